The number of rotatable bonds is 3. The third-order valence-corrected chi connectivity index (χ3v) is 4.55. The molecule has 2 amide bonds. The molecule has 2 unspecified atom stereocenters. The summed E-state index contributed by atoms with van der Waals surface area (Å²) < 4.78 is 0. The minimum atomic E-state index is -0.721. The fourth-order valence-corrected chi connectivity index (χ4v) is 3.22. The molecule has 5 N–H and O–H groups in total. The molecule has 0 spiro atoms. The molecule has 0 saturated heterocycles. The lowest BCUT2D eigenvalue weighted by molar-refractivity contribution is -0.142. The molecule has 2 aliphatic carbocycles. The van der Waals surface area contributed by atoms with Gasteiger partial charge in [0.1, 0.15) is 0 Å². The highest BCUT2D eigenvalue weighted by molar-refractivity contribution is 5.75. The third kappa shape index (κ3) is 4.10. The number of nitrogens with two attached hydrogens (primary N) is 1. The SMILES string of the molecule is NC1CCCCC1NC(=O)NC1CCC(C(=O)O)CC1. The van der Waals surface area contributed by atoms with E-state index in [2.05, 4.69) is 10.6 Å². The van der Waals surface area contributed by atoms with E-state index in [4.69, 9.17) is 10.8 Å². The van der Waals surface area contributed by atoms with Crippen molar-refractivity contribution in [1.82, 2.24) is 10.6 Å². The van der Waals surface area contributed by atoms with Crippen molar-refractivity contribution in [2.45, 2.75) is 69.5 Å². The number of aliphatic carboxylic acids is 1. The van der Waals surface area contributed by atoms with Crippen LogP contribution >= 0.6 is 0 Å². The Balaban J connectivity index is 1.71. The summed E-state index contributed by atoms with van der Waals surface area (Å²) in [5.41, 5.74) is 6.00. The molecule has 6 nitrogen and oxygen atoms in total. The lowest BCUT2D eigenvalue weighted by Gasteiger charge is -2.31. The van der Waals surface area contributed by atoms with E-state index in [9.17, 15) is 9.59 Å². The van der Waals surface area contributed by atoms with E-state index < -0.39 is 5.97 Å². The van der Waals surface area contributed by atoms with E-state index in [0.717, 1.165) is 38.5 Å². The summed E-state index contributed by atoms with van der Waals surface area (Å²) in [6.07, 6.45) is 6.92. The van der Waals surface area contributed by atoms with E-state index >= 15 is 0 Å². The molecule has 114 valence electrons. The van der Waals surface area contributed by atoms with Crippen molar-refractivity contribution in [2.24, 2.45) is 11.7 Å². The fourth-order valence-electron chi connectivity index (χ4n) is 3.22. The smallest absolute Gasteiger partial charge is 0.315 e. The second-order valence-electron chi connectivity index (χ2n) is 6.06. The van der Waals surface area contributed by atoms with E-state index in [0.29, 0.717) is 12.8 Å². The van der Waals surface area contributed by atoms with Gasteiger partial charge in [-0.15, -0.1) is 0 Å². The highest BCUT2D eigenvalue weighted by atomic mass is 16.4. The Morgan fingerprint density at radius 2 is 1.60 bits per heavy atom. The molecule has 0 aromatic rings. The molecule has 0 radical (unpaired) electrons. The second-order valence-corrected chi connectivity index (χ2v) is 6.06. The molecule has 0 heterocycles. The van der Waals surface area contributed by atoms with E-state index in [1.807, 2.05) is 0 Å². The number of carbonyl (C=O) groups is 2. The summed E-state index contributed by atoms with van der Waals surface area (Å²) in [5.74, 6) is -0.969. The zero-order valence-electron chi connectivity index (χ0n) is 11.8. The summed E-state index contributed by atoms with van der Waals surface area (Å²) >= 11 is 0. The maximum absolute atomic E-state index is 11.9. The predicted molar refractivity (Wildman–Crippen MR) is 75.3 cm³/mol. The van der Waals surface area contributed by atoms with Gasteiger partial charge < -0.3 is 21.5 Å². The summed E-state index contributed by atoms with van der Waals surface area (Å²) in [7, 11) is 0. The number of carbonyl (C=O) groups excluding carboxylic acids is 1. The molecular weight excluding hydrogens is 258 g/mol. The fraction of sp³-hybridized carbons (Fsp3) is 0.857. The van der Waals surface area contributed by atoms with Crippen LogP contribution in [0, 0.1) is 5.92 Å². The quantitative estimate of drug-likeness (QED) is 0.624. The standard InChI is InChI=1S/C14H25N3O3/c15-11-3-1-2-4-12(11)17-14(20)16-10-7-5-9(6-8-10)13(18)19/h9-12H,1-8,15H2,(H,18,19)(H2,16,17,20). The van der Waals surface area contributed by atoms with Crippen molar-refractivity contribution in [2.75, 3.05) is 0 Å². The predicted octanol–water partition coefficient (Wildman–Crippen LogP) is 1.20. The Morgan fingerprint density at radius 1 is 0.950 bits per heavy atom. The monoisotopic (exact) mass is 283 g/mol. The van der Waals surface area contributed by atoms with Crippen molar-refractivity contribution < 1.29 is 14.7 Å². The van der Waals surface area contributed by atoms with Crippen LogP contribution in [0.4, 0.5) is 4.79 Å². The summed E-state index contributed by atoms with van der Waals surface area (Å²) in [6, 6.07) is 0.0490. The van der Waals surface area contributed by atoms with Crippen LogP contribution in [-0.2, 0) is 4.79 Å². The highest BCUT2D eigenvalue weighted by Gasteiger charge is 2.28. The topological polar surface area (TPSA) is 104 Å². The normalized spacial score (nSPS) is 34.2. The van der Waals surface area contributed by atoms with Gasteiger partial charge in [-0.25, -0.2) is 4.79 Å². The zero-order chi connectivity index (χ0) is 14.5. The van der Waals surface area contributed by atoms with E-state index in [-0.39, 0.29) is 30.1 Å². The molecule has 2 rings (SSSR count). The molecule has 0 bridgehead atoms. The van der Waals surface area contributed by atoms with Crippen LogP contribution in [0.3, 0.4) is 0 Å². The number of hydrogen-bond donors (Lipinski definition) is 4. The van der Waals surface area contributed by atoms with Crippen molar-refractivity contribution in [3.8, 4) is 0 Å². The van der Waals surface area contributed by atoms with Gasteiger partial charge in [-0.2, -0.15) is 0 Å². The van der Waals surface area contributed by atoms with Crippen LogP contribution in [-0.4, -0.2) is 35.2 Å². The Morgan fingerprint density at radius 3 is 2.20 bits per heavy atom. The van der Waals surface area contributed by atoms with E-state index in [1.165, 1.54) is 0 Å². The molecule has 20 heavy (non-hydrogen) atoms. The summed E-state index contributed by atoms with van der Waals surface area (Å²) in [4.78, 5) is 22.8. The van der Waals surface area contributed by atoms with Gasteiger partial charge in [-0.1, -0.05) is 12.8 Å². The van der Waals surface area contributed by atoms with Gasteiger partial charge in [0.2, 0.25) is 0 Å². The van der Waals surface area contributed by atoms with Crippen LogP contribution in [0.25, 0.3) is 0 Å². The maximum Gasteiger partial charge on any atom is 0.315 e. The van der Waals surface area contributed by atoms with Crippen molar-refractivity contribution in [3.63, 3.8) is 0 Å². The number of urea groups is 1. The number of carboxylic acids is 1. The van der Waals surface area contributed by atoms with Crippen molar-refractivity contribution in [1.29, 1.82) is 0 Å². The van der Waals surface area contributed by atoms with E-state index in [1.54, 1.807) is 0 Å². The number of amides is 2. The largest absolute Gasteiger partial charge is 0.481 e. The third-order valence-electron chi connectivity index (χ3n) is 4.55. The molecule has 2 fully saturated rings. The number of hydrogen-bond acceptors (Lipinski definition) is 3. The molecule has 0 aliphatic heterocycles. The molecular formula is C14H25N3O3. The average Bonchev–Trinajstić information content (AvgIpc) is 2.42. The molecule has 6 heteroatoms. The summed E-state index contributed by atoms with van der Waals surface area (Å²) in [6.45, 7) is 0. The second kappa shape index (κ2) is 6.92. The van der Waals surface area contributed by atoms with Gasteiger partial charge in [-0.05, 0) is 38.5 Å². The van der Waals surface area contributed by atoms with Crippen LogP contribution in [0.5, 0.6) is 0 Å². The van der Waals surface area contributed by atoms with Gasteiger partial charge in [-0.3, -0.25) is 4.79 Å². The van der Waals surface area contributed by atoms with Gasteiger partial charge in [0.05, 0.1) is 5.92 Å². The lowest BCUT2D eigenvalue weighted by atomic mass is 9.86. The van der Waals surface area contributed by atoms with Crippen LogP contribution in [0.15, 0.2) is 0 Å². The first-order chi connectivity index (χ1) is 9.56. The van der Waals surface area contributed by atoms with Crippen LogP contribution in [0.2, 0.25) is 0 Å². The molecule has 2 saturated carbocycles. The highest BCUT2D eigenvalue weighted by Crippen LogP contribution is 2.24. The first kappa shape index (κ1) is 15.1. The number of nitrogens with one attached hydrogen (secondary N) is 2. The molecule has 2 atom stereocenters. The zero-order valence-corrected chi connectivity index (χ0v) is 11.8. The summed E-state index contributed by atoms with van der Waals surface area (Å²) in [5, 5.41) is 14.8. The van der Waals surface area contributed by atoms with Gasteiger partial charge in [0.15, 0.2) is 0 Å². The number of carboxylic acid groups (broad SMARTS) is 1. The minimum absolute atomic E-state index is 0.0530. The van der Waals surface area contributed by atoms with Crippen molar-refractivity contribution in [3.05, 3.63) is 0 Å². The van der Waals surface area contributed by atoms with Crippen LogP contribution < -0.4 is 16.4 Å². The maximum atomic E-state index is 11.9. The van der Waals surface area contributed by atoms with Gasteiger partial charge >= 0.3 is 12.0 Å². The van der Waals surface area contributed by atoms with Crippen molar-refractivity contribution >= 4 is 12.0 Å². The molecule has 2 aliphatic rings. The lowest BCUT2D eigenvalue weighted by Crippen LogP contribution is -2.54. The van der Waals surface area contributed by atoms with Crippen LogP contribution in [0.1, 0.15) is 51.4 Å². The first-order valence-corrected chi connectivity index (χ1v) is 7.61. The Labute approximate surface area is 119 Å². The van der Waals surface area contributed by atoms with Gasteiger partial charge in [0, 0.05) is 18.1 Å². The Kier molecular flexibility index (Phi) is 5.23. The minimum Gasteiger partial charge on any atom is -0.481 e. The molecule has 0 aromatic heterocycles. The molecule has 0 aromatic carbocycles. The Hall–Kier alpha value is -1.30. The Bertz CT molecular complexity index is 354. The average molecular weight is 283 g/mol. The van der Waals surface area contributed by atoms with Gasteiger partial charge in [0.25, 0.3) is 0 Å². The first-order valence-electron chi connectivity index (χ1n) is 7.61.